The molecule has 0 aliphatic rings. The fourth-order valence-corrected chi connectivity index (χ4v) is 4.64. The average molecular weight is 577 g/mol. The van der Waals surface area contributed by atoms with Crippen LogP contribution in [-0.2, 0) is 22.6 Å². The molecule has 1 heterocycles. The number of nitrogens with two attached hydrogens (primary N) is 1. The maximum absolute atomic E-state index is 14.5. The fraction of sp³-hybridized carbons (Fsp3) is 0.414. The van der Waals surface area contributed by atoms with Gasteiger partial charge in [0.1, 0.15) is 5.82 Å². The summed E-state index contributed by atoms with van der Waals surface area (Å²) in [6.07, 6.45) is -2.35. The molecule has 1 aromatic heterocycles. The van der Waals surface area contributed by atoms with Crippen LogP contribution in [0.3, 0.4) is 0 Å². The molecular weight excluding hydrogens is 541 g/mol. The molecule has 12 heteroatoms. The smallest absolute Gasteiger partial charge is 0.327 e. The predicted molar refractivity (Wildman–Crippen MR) is 144 cm³/mol. The standard InChI is InChI=1S/C29H35F3N4O5/c1-16(2)25-23(12-11-21(37)13-22(38)14-24(39)41-33)36(20-9-7-19(30)8-10-20)34-28(25)29(40)35(4)15-18-6-5-17(3)26(31)27(18)32/h5-10,16,21-22,37-38H,11-15,33H2,1-4H3. The Morgan fingerprint density at radius 3 is 2.32 bits per heavy atom. The van der Waals surface area contributed by atoms with Crippen LogP contribution in [-0.4, -0.2) is 56.0 Å². The van der Waals surface area contributed by atoms with Crippen molar-refractivity contribution in [1.29, 1.82) is 0 Å². The number of aliphatic hydroxyl groups excluding tert-OH is 2. The summed E-state index contributed by atoms with van der Waals surface area (Å²) in [5, 5.41) is 25.2. The van der Waals surface area contributed by atoms with Crippen molar-refractivity contribution >= 4 is 11.9 Å². The lowest BCUT2D eigenvalue weighted by atomic mass is 9.95. The van der Waals surface area contributed by atoms with E-state index in [1.165, 1.54) is 60.0 Å². The first-order valence-electron chi connectivity index (χ1n) is 13.2. The minimum absolute atomic E-state index is 0.00781. The number of amides is 1. The van der Waals surface area contributed by atoms with Gasteiger partial charge in [0.2, 0.25) is 0 Å². The molecular formula is C29H35F3N4O5. The van der Waals surface area contributed by atoms with Gasteiger partial charge in [-0.3, -0.25) is 9.59 Å². The quantitative estimate of drug-likeness (QED) is 0.279. The first-order valence-corrected chi connectivity index (χ1v) is 13.2. The van der Waals surface area contributed by atoms with Crippen LogP contribution in [0.2, 0.25) is 0 Å². The number of carbonyl (C=O) groups excluding carboxylic acids is 2. The molecule has 0 aliphatic carbocycles. The van der Waals surface area contributed by atoms with Crippen molar-refractivity contribution < 1.29 is 37.8 Å². The van der Waals surface area contributed by atoms with E-state index in [-0.39, 0.29) is 55.0 Å². The van der Waals surface area contributed by atoms with E-state index in [2.05, 4.69) is 9.94 Å². The summed E-state index contributed by atoms with van der Waals surface area (Å²) in [7, 11) is 1.46. The minimum Gasteiger partial charge on any atom is -0.393 e. The van der Waals surface area contributed by atoms with Crippen molar-refractivity contribution in [2.75, 3.05) is 7.05 Å². The summed E-state index contributed by atoms with van der Waals surface area (Å²) in [4.78, 5) is 30.2. The molecule has 2 unspecified atom stereocenters. The van der Waals surface area contributed by atoms with Crippen molar-refractivity contribution in [3.8, 4) is 5.69 Å². The van der Waals surface area contributed by atoms with Gasteiger partial charge < -0.3 is 20.0 Å². The third-order valence-corrected chi connectivity index (χ3v) is 6.77. The van der Waals surface area contributed by atoms with Crippen molar-refractivity contribution in [3.05, 3.63) is 81.9 Å². The first kappa shape index (κ1) is 31.8. The fourth-order valence-electron chi connectivity index (χ4n) is 4.64. The molecule has 3 rings (SSSR count). The number of aliphatic hydroxyl groups is 2. The second-order valence-corrected chi connectivity index (χ2v) is 10.4. The van der Waals surface area contributed by atoms with Crippen LogP contribution in [0.25, 0.3) is 5.69 Å². The largest absolute Gasteiger partial charge is 0.393 e. The zero-order valence-corrected chi connectivity index (χ0v) is 23.4. The molecule has 2 atom stereocenters. The molecule has 41 heavy (non-hydrogen) atoms. The number of hydrogen-bond donors (Lipinski definition) is 3. The van der Waals surface area contributed by atoms with Gasteiger partial charge in [-0.25, -0.2) is 17.9 Å². The van der Waals surface area contributed by atoms with Crippen molar-refractivity contribution in [2.24, 2.45) is 5.90 Å². The van der Waals surface area contributed by atoms with Crippen molar-refractivity contribution in [2.45, 2.75) is 71.1 Å². The van der Waals surface area contributed by atoms with E-state index < -0.39 is 41.5 Å². The van der Waals surface area contributed by atoms with Crippen molar-refractivity contribution in [1.82, 2.24) is 14.7 Å². The van der Waals surface area contributed by atoms with Crippen LogP contribution in [0, 0.1) is 24.4 Å². The van der Waals surface area contributed by atoms with Gasteiger partial charge in [-0.05, 0) is 61.9 Å². The normalized spacial score (nSPS) is 12.9. The highest BCUT2D eigenvalue weighted by molar-refractivity contribution is 5.94. The molecule has 0 saturated heterocycles. The lowest BCUT2D eigenvalue weighted by molar-refractivity contribution is -0.146. The first-order chi connectivity index (χ1) is 19.3. The zero-order chi connectivity index (χ0) is 30.4. The van der Waals surface area contributed by atoms with Gasteiger partial charge >= 0.3 is 5.97 Å². The number of carbonyl (C=O) groups is 2. The Balaban J connectivity index is 1.96. The molecule has 4 N–H and O–H groups in total. The minimum atomic E-state index is -1.18. The number of halogens is 3. The molecule has 3 aromatic rings. The third-order valence-electron chi connectivity index (χ3n) is 6.77. The van der Waals surface area contributed by atoms with Crippen molar-refractivity contribution in [3.63, 3.8) is 0 Å². The molecule has 0 spiro atoms. The van der Waals surface area contributed by atoms with Gasteiger partial charge in [-0.1, -0.05) is 26.0 Å². The van der Waals surface area contributed by atoms with E-state index in [1.54, 1.807) is 0 Å². The van der Waals surface area contributed by atoms with E-state index in [4.69, 9.17) is 5.90 Å². The maximum Gasteiger partial charge on any atom is 0.327 e. The SMILES string of the molecule is Cc1ccc(CN(C)C(=O)c2nn(-c3ccc(F)cc3)c(CCC(O)CC(O)CC(=O)ON)c2C(C)C)c(F)c1F. The topological polar surface area (TPSA) is 131 Å². The summed E-state index contributed by atoms with van der Waals surface area (Å²) in [6.45, 7) is 4.96. The Hall–Kier alpha value is -3.74. The third kappa shape index (κ3) is 7.72. The highest BCUT2D eigenvalue weighted by Gasteiger charge is 2.29. The van der Waals surface area contributed by atoms with Gasteiger partial charge in [0.25, 0.3) is 5.91 Å². The monoisotopic (exact) mass is 576 g/mol. The van der Waals surface area contributed by atoms with E-state index in [9.17, 15) is 33.0 Å². The number of hydrogen-bond acceptors (Lipinski definition) is 7. The van der Waals surface area contributed by atoms with E-state index in [0.717, 1.165) is 0 Å². The van der Waals surface area contributed by atoms with Crippen LogP contribution < -0.4 is 5.90 Å². The summed E-state index contributed by atoms with van der Waals surface area (Å²) in [6, 6.07) is 8.36. The number of rotatable bonds is 12. The van der Waals surface area contributed by atoms with Gasteiger partial charge in [-0.2, -0.15) is 11.0 Å². The summed E-state index contributed by atoms with van der Waals surface area (Å²) in [5.74, 6) is 0.765. The second kappa shape index (κ2) is 13.7. The Kier molecular flexibility index (Phi) is 10.7. The molecule has 0 saturated carbocycles. The Labute approximate surface area is 236 Å². The van der Waals surface area contributed by atoms with E-state index >= 15 is 0 Å². The average Bonchev–Trinajstić information content (AvgIpc) is 3.31. The van der Waals surface area contributed by atoms with E-state index in [1.807, 2.05) is 13.8 Å². The van der Waals surface area contributed by atoms with E-state index in [0.29, 0.717) is 16.9 Å². The maximum atomic E-state index is 14.5. The number of aromatic nitrogens is 2. The summed E-state index contributed by atoms with van der Waals surface area (Å²) >= 11 is 0. The predicted octanol–water partition coefficient (Wildman–Crippen LogP) is 3.85. The molecule has 2 aromatic carbocycles. The molecule has 0 bridgehead atoms. The number of nitrogens with zero attached hydrogens (tertiary/aromatic N) is 3. The Morgan fingerprint density at radius 2 is 1.71 bits per heavy atom. The lowest BCUT2D eigenvalue weighted by Gasteiger charge is -2.19. The van der Waals surface area contributed by atoms with Crippen LogP contribution in [0.1, 0.15) is 71.9 Å². The van der Waals surface area contributed by atoms with Gasteiger partial charge in [-0.15, -0.1) is 0 Å². The van der Waals surface area contributed by atoms with Crippen LogP contribution in [0.5, 0.6) is 0 Å². The summed E-state index contributed by atoms with van der Waals surface area (Å²) < 4.78 is 43.9. The highest BCUT2D eigenvalue weighted by atomic mass is 19.2. The van der Waals surface area contributed by atoms with Crippen LogP contribution in [0.4, 0.5) is 13.2 Å². The Morgan fingerprint density at radius 1 is 1.05 bits per heavy atom. The molecule has 1 amide bonds. The van der Waals surface area contributed by atoms with Gasteiger partial charge in [0.05, 0.1) is 24.3 Å². The number of benzene rings is 2. The highest BCUT2D eigenvalue weighted by Crippen LogP contribution is 2.30. The molecule has 0 aliphatic heterocycles. The second-order valence-electron chi connectivity index (χ2n) is 10.4. The number of aryl methyl sites for hydroxylation is 1. The van der Waals surface area contributed by atoms with Gasteiger partial charge in [0.15, 0.2) is 17.3 Å². The molecule has 9 nitrogen and oxygen atoms in total. The summed E-state index contributed by atoms with van der Waals surface area (Å²) in [5.41, 5.74) is 1.85. The lowest BCUT2D eigenvalue weighted by Crippen LogP contribution is -2.28. The molecule has 0 radical (unpaired) electrons. The zero-order valence-electron chi connectivity index (χ0n) is 23.4. The molecule has 222 valence electrons. The van der Waals surface area contributed by atoms with Crippen LogP contribution >= 0.6 is 0 Å². The molecule has 0 fully saturated rings. The Bertz CT molecular complexity index is 1380. The van der Waals surface area contributed by atoms with Gasteiger partial charge in [0, 0.05) is 30.4 Å². The van der Waals surface area contributed by atoms with Crippen LogP contribution in [0.15, 0.2) is 36.4 Å².